The van der Waals surface area contributed by atoms with Crippen molar-refractivity contribution in [2.45, 2.75) is 122 Å². The van der Waals surface area contributed by atoms with Crippen LogP contribution in [0.4, 0.5) is 0 Å². The molecule has 1 aromatic heterocycles. The molecule has 2 aliphatic heterocycles. The zero-order valence-corrected chi connectivity index (χ0v) is 35.4. The van der Waals surface area contributed by atoms with Crippen molar-refractivity contribution in [3.05, 3.63) is 65.5 Å². The highest BCUT2D eigenvalue weighted by atomic mass is 16.7. The normalized spacial score (nSPS) is 35.0. The lowest BCUT2D eigenvalue weighted by atomic mass is 9.45. The van der Waals surface area contributed by atoms with Gasteiger partial charge in [0.2, 0.25) is 0 Å². The fourth-order valence-electron chi connectivity index (χ4n) is 9.73. The van der Waals surface area contributed by atoms with Crippen LogP contribution in [0.5, 0.6) is 0 Å². The Bertz CT molecular complexity index is 2140. The molecule has 3 heterocycles. The first-order valence-corrected chi connectivity index (χ1v) is 19.9. The number of esters is 8. The van der Waals surface area contributed by atoms with Crippen LogP contribution in [-0.2, 0) is 77.8 Å². The highest BCUT2D eigenvalue weighted by Gasteiger charge is 2.92. The Balaban J connectivity index is 1.77. The van der Waals surface area contributed by atoms with Crippen LogP contribution in [0.25, 0.3) is 0 Å². The van der Waals surface area contributed by atoms with Gasteiger partial charge in [-0.3, -0.25) is 33.8 Å². The zero-order chi connectivity index (χ0) is 45.5. The molecule has 0 unspecified atom stereocenters. The summed E-state index contributed by atoms with van der Waals surface area (Å²) in [6.07, 6.45) is -10.6. The first-order valence-electron chi connectivity index (χ1n) is 19.9. The van der Waals surface area contributed by atoms with Crippen LogP contribution in [0.15, 0.2) is 48.7 Å². The molecule has 3 fully saturated rings. The lowest BCUT2D eigenvalue weighted by Crippen LogP contribution is -2.89. The number of aryl methyl sites for hydroxylation is 1. The molecule has 19 nitrogen and oxygen atoms in total. The van der Waals surface area contributed by atoms with E-state index in [-0.39, 0.29) is 29.7 Å². The van der Waals surface area contributed by atoms with Crippen molar-refractivity contribution in [1.29, 1.82) is 0 Å². The average Bonchev–Trinajstić information content (AvgIpc) is 3.41. The minimum atomic E-state index is -2.86. The second-order valence-electron chi connectivity index (χ2n) is 16.4. The molecule has 2 aromatic rings. The van der Waals surface area contributed by atoms with E-state index in [1.54, 1.807) is 6.07 Å². The molecule has 334 valence electrons. The van der Waals surface area contributed by atoms with E-state index >= 15 is 0 Å². The fourth-order valence-corrected chi connectivity index (χ4v) is 9.73. The molecule has 0 amide bonds. The zero-order valence-electron chi connectivity index (χ0n) is 35.4. The van der Waals surface area contributed by atoms with Crippen LogP contribution in [0.1, 0.15) is 88.2 Å². The number of aromatic nitrogens is 1. The van der Waals surface area contributed by atoms with Crippen LogP contribution in [-0.4, -0.2) is 124 Å². The summed E-state index contributed by atoms with van der Waals surface area (Å²) in [5.41, 5.74) is -10.1. The molecule has 1 N–H and O–H groups in total. The first-order chi connectivity index (χ1) is 29.1. The number of hydrogen-bond donors (Lipinski definition) is 1. The number of benzene rings is 1. The minimum Gasteiger partial charge on any atom is -0.465 e. The Morgan fingerprint density at radius 2 is 1.37 bits per heavy atom. The number of rotatable bonds is 8. The summed E-state index contributed by atoms with van der Waals surface area (Å²) < 4.78 is 55.3. The Morgan fingerprint density at radius 1 is 0.774 bits per heavy atom. The molecule has 6 rings (SSSR count). The summed E-state index contributed by atoms with van der Waals surface area (Å²) in [5, 5.41) is 13.6. The SMILES string of the molecule is CC(=O)OC[C@]12[C@H](OC(C)=O)[C@H](OC(C)=O)[C@@H]3[C@@H](OC(C)=O)[C@@]14O[C@@]3(C)COC(=O)c1cccnc1CC[C@@H](C)C(=O)O[C@@H]([C@H](OC(=O)c1ccccc1)[C@@H]2OC(C)=O)[C@]4(C)O. The number of carbonyl (C=O) groups is 8. The van der Waals surface area contributed by atoms with E-state index in [1.807, 2.05) is 0 Å². The molecule has 1 spiro atoms. The summed E-state index contributed by atoms with van der Waals surface area (Å²) in [4.78, 5) is 113. The second kappa shape index (κ2) is 17.1. The van der Waals surface area contributed by atoms with E-state index in [0.717, 1.165) is 41.5 Å². The van der Waals surface area contributed by atoms with E-state index in [1.165, 1.54) is 56.4 Å². The molecule has 0 radical (unpaired) electrons. The van der Waals surface area contributed by atoms with Crippen LogP contribution in [0.2, 0.25) is 0 Å². The third-order valence-corrected chi connectivity index (χ3v) is 12.1. The number of fused-ring (bicyclic) bond motifs is 5. The van der Waals surface area contributed by atoms with Gasteiger partial charge in [-0.1, -0.05) is 25.1 Å². The third kappa shape index (κ3) is 7.76. The minimum absolute atomic E-state index is 0.0225. The van der Waals surface area contributed by atoms with Gasteiger partial charge in [0.25, 0.3) is 0 Å². The maximum Gasteiger partial charge on any atom is 0.340 e. The Labute approximate surface area is 355 Å². The van der Waals surface area contributed by atoms with Gasteiger partial charge in [0, 0.05) is 40.8 Å². The van der Waals surface area contributed by atoms with Gasteiger partial charge in [0.1, 0.15) is 42.0 Å². The van der Waals surface area contributed by atoms with Gasteiger partial charge in [-0.2, -0.15) is 0 Å². The van der Waals surface area contributed by atoms with Crippen molar-refractivity contribution in [3.8, 4) is 0 Å². The van der Waals surface area contributed by atoms with Crippen LogP contribution < -0.4 is 0 Å². The Hall–Kier alpha value is -5.95. The van der Waals surface area contributed by atoms with Crippen molar-refractivity contribution in [3.63, 3.8) is 0 Å². The molecule has 2 saturated carbocycles. The number of hydrogen-bond acceptors (Lipinski definition) is 19. The molecule has 1 saturated heterocycles. The highest BCUT2D eigenvalue weighted by Crippen LogP contribution is 2.70. The smallest absolute Gasteiger partial charge is 0.340 e. The molecule has 4 aliphatic rings. The van der Waals surface area contributed by atoms with Crippen molar-refractivity contribution in [2.24, 2.45) is 17.3 Å². The predicted octanol–water partition coefficient (Wildman–Crippen LogP) is 2.16. The largest absolute Gasteiger partial charge is 0.465 e. The molecule has 2 aliphatic carbocycles. The average molecular weight is 868 g/mol. The monoisotopic (exact) mass is 867 g/mol. The van der Waals surface area contributed by atoms with Crippen molar-refractivity contribution in [1.82, 2.24) is 4.98 Å². The topological polar surface area (TPSA) is 253 Å². The number of pyridine rings is 1. The summed E-state index contributed by atoms with van der Waals surface area (Å²) in [5.74, 6) is -10.7. The van der Waals surface area contributed by atoms with E-state index in [2.05, 4.69) is 4.98 Å². The van der Waals surface area contributed by atoms with Gasteiger partial charge in [0.15, 0.2) is 30.0 Å². The molecular formula is C43H49NO18. The first kappa shape index (κ1) is 45.6. The molecule has 62 heavy (non-hydrogen) atoms. The second-order valence-corrected chi connectivity index (χ2v) is 16.4. The fraction of sp³-hybridized carbons (Fsp3) is 0.558. The predicted molar refractivity (Wildman–Crippen MR) is 205 cm³/mol. The van der Waals surface area contributed by atoms with Gasteiger partial charge in [-0.15, -0.1) is 0 Å². The maximum absolute atomic E-state index is 14.4. The lowest BCUT2D eigenvalue weighted by Gasteiger charge is -2.67. The van der Waals surface area contributed by atoms with Gasteiger partial charge >= 0.3 is 47.8 Å². The van der Waals surface area contributed by atoms with Gasteiger partial charge in [-0.05, 0) is 51.0 Å². The van der Waals surface area contributed by atoms with Gasteiger partial charge in [0.05, 0.1) is 28.7 Å². The number of carbonyl (C=O) groups excluding carboxylic acids is 8. The standard InChI is InChI=1S/C43H49NO18/c1-21-16-17-29-28(15-12-18-44-29)39(52)55-19-40(7)30-31(56-23(3)46)35(58-25(5)48)42(20-54-22(2)45)36(59-26(6)49)32(60-38(51)27-13-10-9-11-14-27)34(61-37(21)50)41(8,53)43(42,62-40)33(30)57-24(4)47/h9-15,18,21,30-36,53H,16-17,19-20H2,1-8H3/t21-,30-,31-,32+,33-,34+,35-,36+,40+,41+,42-,43+/m1/s1. The molecular weight excluding hydrogens is 818 g/mol. The molecule has 1 aromatic carbocycles. The molecule has 4 bridgehead atoms. The van der Waals surface area contributed by atoms with Gasteiger partial charge in [-0.25, -0.2) is 9.59 Å². The number of cyclic esters (lactones) is 1. The number of nitrogens with zero attached hydrogens (tertiary/aromatic N) is 1. The summed E-state index contributed by atoms with van der Waals surface area (Å²) in [6, 6.07) is 10.4. The van der Waals surface area contributed by atoms with Crippen molar-refractivity contribution >= 4 is 47.8 Å². The van der Waals surface area contributed by atoms with E-state index in [9.17, 15) is 43.5 Å². The molecule has 12 atom stereocenters. The lowest BCUT2D eigenvalue weighted by molar-refractivity contribution is -0.386. The van der Waals surface area contributed by atoms with Crippen LogP contribution >= 0.6 is 0 Å². The third-order valence-electron chi connectivity index (χ3n) is 12.1. The van der Waals surface area contributed by atoms with Gasteiger partial charge < -0.3 is 47.7 Å². The molecule has 19 heteroatoms. The summed E-state index contributed by atoms with van der Waals surface area (Å²) in [7, 11) is 0. The van der Waals surface area contributed by atoms with Crippen molar-refractivity contribution < 1.29 is 86.1 Å². The number of ether oxygens (including phenoxy) is 9. The maximum atomic E-state index is 14.4. The number of aliphatic hydroxyl groups is 1. The summed E-state index contributed by atoms with van der Waals surface area (Å²) in [6.45, 7) is 7.16. The van der Waals surface area contributed by atoms with Crippen molar-refractivity contribution in [2.75, 3.05) is 13.2 Å². The van der Waals surface area contributed by atoms with Crippen LogP contribution in [0, 0.1) is 17.3 Å². The van der Waals surface area contributed by atoms with Crippen LogP contribution in [0.3, 0.4) is 0 Å². The Morgan fingerprint density at radius 3 is 1.97 bits per heavy atom. The van der Waals surface area contributed by atoms with E-state index in [4.69, 9.17) is 42.6 Å². The highest BCUT2D eigenvalue weighted by molar-refractivity contribution is 5.91. The van der Waals surface area contributed by atoms with E-state index < -0.39 is 132 Å². The van der Waals surface area contributed by atoms with E-state index in [0.29, 0.717) is 0 Å². The quantitative estimate of drug-likeness (QED) is 0.295. The Kier molecular flexibility index (Phi) is 12.6. The summed E-state index contributed by atoms with van der Waals surface area (Å²) >= 11 is 0.